The normalized spacial score (nSPS) is 11.7. The van der Waals surface area contributed by atoms with E-state index in [4.69, 9.17) is 14.7 Å². The van der Waals surface area contributed by atoms with Crippen molar-refractivity contribution in [2.75, 3.05) is 12.1 Å². The Labute approximate surface area is 149 Å². The monoisotopic (exact) mass is 343 g/mol. The van der Waals surface area contributed by atoms with Crippen molar-refractivity contribution >= 4 is 11.6 Å². The summed E-state index contributed by atoms with van der Waals surface area (Å²) in [6.07, 6.45) is 1.62. The Hall–Kier alpha value is -3.85. The molecular weight excluding hydrogens is 330 g/mol. The van der Waals surface area contributed by atoms with Crippen molar-refractivity contribution < 1.29 is 14.3 Å². The molecule has 4 rings (SSSR count). The SMILES string of the molecule is N#Cc1ccc(-c2cccc(C(=O)Nc3ccc4c(c3)OCO4)c2)cn1. The van der Waals surface area contributed by atoms with Gasteiger partial charge in [0.25, 0.3) is 5.91 Å². The van der Waals surface area contributed by atoms with Crippen LogP contribution in [0.1, 0.15) is 16.1 Å². The number of fused-ring (bicyclic) bond motifs is 1. The van der Waals surface area contributed by atoms with Gasteiger partial charge in [-0.1, -0.05) is 12.1 Å². The second kappa shape index (κ2) is 6.57. The van der Waals surface area contributed by atoms with Crippen LogP contribution in [0.2, 0.25) is 0 Å². The van der Waals surface area contributed by atoms with E-state index < -0.39 is 0 Å². The van der Waals surface area contributed by atoms with Crippen molar-refractivity contribution in [1.29, 1.82) is 5.26 Å². The van der Waals surface area contributed by atoms with E-state index in [0.29, 0.717) is 28.4 Å². The van der Waals surface area contributed by atoms with E-state index in [1.54, 1.807) is 48.7 Å². The van der Waals surface area contributed by atoms with Crippen LogP contribution in [-0.4, -0.2) is 17.7 Å². The van der Waals surface area contributed by atoms with Gasteiger partial charge in [-0.05, 0) is 42.0 Å². The molecule has 0 aliphatic carbocycles. The lowest BCUT2D eigenvalue weighted by molar-refractivity contribution is 0.102. The third kappa shape index (κ3) is 3.06. The number of aromatic nitrogens is 1. The van der Waals surface area contributed by atoms with Crippen molar-refractivity contribution in [3.8, 4) is 28.7 Å². The average molecular weight is 343 g/mol. The first-order valence-electron chi connectivity index (χ1n) is 7.90. The topological polar surface area (TPSA) is 84.2 Å². The van der Waals surface area contributed by atoms with Crippen molar-refractivity contribution in [1.82, 2.24) is 4.98 Å². The molecule has 0 bridgehead atoms. The number of carbonyl (C=O) groups is 1. The van der Waals surface area contributed by atoms with Gasteiger partial charge >= 0.3 is 0 Å². The van der Waals surface area contributed by atoms with Crippen LogP contribution >= 0.6 is 0 Å². The number of nitriles is 1. The maximum atomic E-state index is 12.6. The zero-order chi connectivity index (χ0) is 17.9. The number of pyridine rings is 1. The van der Waals surface area contributed by atoms with Gasteiger partial charge < -0.3 is 14.8 Å². The van der Waals surface area contributed by atoms with Gasteiger partial charge in [-0.2, -0.15) is 5.26 Å². The van der Waals surface area contributed by atoms with Crippen LogP contribution in [0.25, 0.3) is 11.1 Å². The molecule has 0 saturated heterocycles. The quantitative estimate of drug-likeness (QED) is 0.785. The molecule has 0 atom stereocenters. The smallest absolute Gasteiger partial charge is 0.255 e. The summed E-state index contributed by atoms with van der Waals surface area (Å²) in [5, 5.41) is 11.7. The molecule has 0 radical (unpaired) electrons. The Bertz CT molecular complexity index is 1020. The second-order valence-electron chi connectivity index (χ2n) is 5.65. The van der Waals surface area contributed by atoms with E-state index in [9.17, 15) is 4.79 Å². The van der Waals surface area contributed by atoms with E-state index >= 15 is 0 Å². The summed E-state index contributed by atoms with van der Waals surface area (Å²) in [6, 6.07) is 17.9. The zero-order valence-corrected chi connectivity index (χ0v) is 13.6. The number of benzene rings is 2. The molecule has 1 amide bonds. The summed E-state index contributed by atoms with van der Waals surface area (Å²) in [6.45, 7) is 0.188. The fourth-order valence-corrected chi connectivity index (χ4v) is 2.65. The summed E-state index contributed by atoms with van der Waals surface area (Å²) in [5.74, 6) is 1.05. The van der Waals surface area contributed by atoms with Gasteiger partial charge in [0.05, 0.1) is 0 Å². The molecule has 0 unspecified atom stereocenters. The largest absolute Gasteiger partial charge is 0.454 e. The molecule has 2 heterocycles. The van der Waals surface area contributed by atoms with Crippen LogP contribution in [0.15, 0.2) is 60.8 Å². The molecule has 3 aromatic rings. The predicted octanol–water partition coefficient (Wildman–Crippen LogP) is 3.60. The van der Waals surface area contributed by atoms with Gasteiger partial charge in [-0.3, -0.25) is 4.79 Å². The van der Waals surface area contributed by atoms with Gasteiger partial charge in [0, 0.05) is 29.1 Å². The number of anilines is 1. The van der Waals surface area contributed by atoms with Crippen LogP contribution in [-0.2, 0) is 0 Å². The predicted molar refractivity (Wildman–Crippen MR) is 94.9 cm³/mol. The van der Waals surface area contributed by atoms with Crippen LogP contribution < -0.4 is 14.8 Å². The first-order chi connectivity index (χ1) is 12.7. The first-order valence-corrected chi connectivity index (χ1v) is 7.90. The van der Waals surface area contributed by atoms with Gasteiger partial charge in [-0.25, -0.2) is 4.98 Å². The number of amides is 1. The number of ether oxygens (including phenoxy) is 2. The highest BCUT2D eigenvalue weighted by atomic mass is 16.7. The number of hydrogen-bond acceptors (Lipinski definition) is 5. The minimum Gasteiger partial charge on any atom is -0.454 e. The third-order valence-corrected chi connectivity index (χ3v) is 3.97. The molecule has 6 heteroatoms. The fourth-order valence-electron chi connectivity index (χ4n) is 2.65. The van der Waals surface area contributed by atoms with Crippen LogP contribution in [0.5, 0.6) is 11.5 Å². The number of hydrogen-bond donors (Lipinski definition) is 1. The van der Waals surface area contributed by atoms with Crippen molar-refractivity contribution in [3.05, 3.63) is 72.1 Å². The number of rotatable bonds is 3. The number of nitrogens with zero attached hydrogens (tertiary/aromatic N) is 2. The van der Waals surface area contributed by atoms with Crippen LogP contribution in [0.4, 0.5) is 5.69 Å². The Morgan fingerprint density at radius 2 is 1.92 bits per heavy atom. The highest BCUT2D eigenvalue weighted by Crippen LogP contribution is 2.34. The maximum absolute atomic E-state index is 12.6. The number of nitrogens with one attached hydrogen (secondary N) is 1. The summed E-state index contributed by atoms with van der Waals surface area (Å²) in [5.41, 5.74) is 3.18. The van der Waals surface area contributed by atoms with Gasteiger partial charge in [-0.15, -0.1) is 0 Å². The van der Waals surface area contributed by atoms with Crippen molar-refractivity contribution in [3.63, 3.8) is 0 Å². The highest BCUT2D eigenvalue weighted by molar-refractivity contribution is 6.05. The fraction of sp³-hybridized carbons (Fsp3) is 0.0500. The van der Waals surface area contributed by atoms with Crippen molar-refractivity contribution in [2.24, 2.45) is 0 Å². The van der Waals surface area contributed by atoms with Gasteiger partial charge in [0.15, 0.2) is 11.5 Å². The molecule has 0 spiro atoms. The molecule has 0 saturated carbocycles. The second-order valence-corrected chi connectivity index (χ2v) is 5.65. The van der Waals surface area contributed by atoms with E-state index in [2.05, 4.69) is 10.3 Å². The van der Waals surface area contributed by atoms with E-state index in [1.165, 1.54) is 0 Å². The minimum atomic E-state index is -0.229. The average Bonchev–Trinajstić information content (AvgIpc) is 3.16. The lowest BCUT2D eigenvalue weighted by Crippen LogP contribution is -2.11. The summed E-state index contributed by atoms with van der Waals surface area (Å²) >= 11 is 0. The third-order valence-electron chi connectivity index (χ3n) is 3.97. The summed E-state index contributed by atoms with van der Waals surface area (Å²) in [7, 11) is 0. The first kappa shape index (κ1) is 15.7. The standard InChI is InChI=1S/C20H13N3O3/c21-10-17-5-4-15(11-22-17)13-2-1-3-14(8-13)20(24)23-16-6-7-18-19(9-16)26-12-25-18/h1-9,11H,12H2,(H,23,24). The van der Waals surface area contributed by atoms with Gasteiger partial charge in [0.2, 0.25) is 6.79 Å². The molecule has 26 heavy (non-hydrogen) atoms. The molecule has 1 N–H and O–H groups in total. The highest BCUT2D eigenvalue weighted by Gasteiger charge is 2.15. The lowest BCUT2D eigenvalue weighted by Gasteiger charge is -2.08. The zero-order valence-electron chi connectivity index (χ0n) is 13.6. The Morgan fingerprint density at radius 3 is 2.73 bits per heavy atom. The molecular formula is C20H13N3O3. The Balaban J connectivity index is 1.55. The lowest BCUT2D eigenvalue weighted by atomic mass is 10.0. The number of carbonyl (C=O) groups excluding carboxylic acids is 1. The molecule has 1 aliphatic heterocycles. The molecule has 2 aromatic carbocycles. The Kier molecular flexibility index (Phi) is 3.96. The van der Waals surface area contributed by atoms with Crippen molar-refractivity contribution in [2.45, 2.75) is 0 Å². The van der Waals surface area contributed by atoms with E-state index in [1.807, 2.05) is 18.2 Å². The maximum Gasteiger partial charge on any atom is 0.255 e. The van der Waals surface area contributed by atoms with Gasteiger partial charge in [0.1, 0.15) is 11.8 Å². The van der Waals surface area contributed by atoms with Crippen LogP contribution in [0.3, 0.4) is 0 Å². The van der Waals surface area contributed by atoms with E-state index in [0.717, 1.165) is 11.1 Å². The molecule has 0 fully saturated rings. The minimum absolute atomic E-state index is 0.188. The van der Waals surface area contributed by atoms with Crippen LogP contribution in [0, 0.1) is 11.3 Å². The molecule has 1 aliphatic rings. The van der Waals surface area contributed by atoms with E-state index in [-0.39, 0.29) is 12.7 Å². The molecule has 6 nitrogen and oxygen atoms in total. The summed E-state index contributed by atoms with van der Waals surface area (Å²) < 4.78 is 10.6. The molecule has 1 aromatic heterocycles. The molecule has 126 valence electrons. The Morgan fingerprint density at radius 1 is 1.04 bits per heavy atom. The summed E-state index contributed by atoms with van der Waals surface area (Å²) in [4.78, 5) is 16.6.